The van der Waals surface area contributed by atoms with Crippen molar-refractivity contribution in [1.29, 1.82) is 0 Å². The van der Waals surface area contributed by atoms with Crippen LogP contribution in [0.5, 0.6) is 0 Å². The predicted octanol–water partition coefficient (Wildman–Crippen LogP) is 6.09. The van der Waals surface area contributed by atoms with Gasteiger partial charge in [0.05, 0.1) is 0 Å². The van der Waals surface area contributed by atoms with Gasteiger partial charge in [-0.2, -0.15) is 15.0 Å². The van der Waals surface area contributed by atoms with Gasteiger partial charge in [0.25, 0.3) is 0 Å². The third kappa shape index (κ3) is 9.49. The Kier molecular flexibility index (Phi) is 10.5. The predicted molar refractivity (Wildman–Crippen MR) is 178 cm³/mol. The van der Waals surface area contributed by atoms with E-state index in [9.17, 15) is 0 Å². The first kappa shape index (κ1) is 33.4. The Morgan fingerprint density at radius 2 is 1.17 bits per heavy atom. The van der Waals surface area contributed by atoms with Crippen molar-refractivity contribution in [3.63, 3.8) is 0 Å². The van der Waals surface area contributed by atoms with Gasteiger partial charge in [0.15, 0.2) is 0 Å². The fraction of sp³-hybridized carbons (Fsp3) is 0.912. The van der Waals surface area contributed by atoms with Crippen molar-refractivity contribution < 1.29 is 0 Å². The second kappa shape index (κ2) is 13.2. The zero-order chi connectivity index (χ0) is 30.8. The zero-order valence-electron chi connectivity index (χ0n) is 28.9. The first-order valence-corrected chi connectivity index (χ1v) is 17.1. The molecule has 3 aliphatic heterocycles. The summed E-state index contributed by atoms with van der Waals surface area (Å²) in [6.45, 7) is 25.1. The van der Waals surface area contributed by atoms with Crippen molar-refractivity contribution in [1.82, 2.24) is 30.5 Å². The summed E-state index contributed by atoms with van der Waals surface area (Å²) in [5, 5.41) is 7.71. The highest BCUT2D eigenvalue weighted by atomic mass is 15.4. The molecule has 240 valence electrons. The van der Waals surface area contributed by atoms with Crippen LogP contribution in [0.2, 0.25) is 0 Å². The Morgan fingerprint density at radius 3 is 1.71 bits per heavy atom. The molecule has 0 saturated carbocycles. The second-order valence-corrected chi connectivity index (χ2v) is 16.5. The topological polar surface area (TPSA) is 72.5 Å². The number of unbranched alkanes of at least 4 members (excludes halogenated alkanes) is 3. The van der Waals surface area contributed by atoms with Gasteiger partial charge in [-0.05, 0) is 134 Å². The van der Waals surface area contributed by atoms with Gasteiger partial charge in [0.1, 0.15) is 5.82 Å². The molecule has 0 aliphatic carbocycles. The van der Waals surface area contributed by atoms with E-state index in [2.05, 4.69) is 87.8 Å². The Hall–Kier alpha value is -1.51. The quantitative estimate of drug-likeness (QED) is 0.303. The van der Waals surface area contributed by atoms with Crippen LogP contribution in [0.4, 0.5) is 11.9 Å². The molecule has 8 nitrogen and oxygen atoms in total. The van der Waals surface area contributed by atoms with Crippen LogP contribution in [0.1, 0.15) is 132 Å². The van der Waals surface area contributed by atoms with Gasteiger partial charge in [-0.1, -0.05) is 12.8 Å². The van der Waals surface area contributed by atoms with E-state index < -0.39 is 0 Å². The molecule has 0 bridgehead atoms. The number of rotatable bonds is 11. The lowest BCUT2D eigenvalue weighted by atomic mass is 9.79. The summed E-state index contributed by atoms with van der Waals surface area (Å²) in [5.41, 5.74) is 0.544. The first-order chi connectivity index (χ1) is 19.5. The van der Waals surface area contributed by atoms with Crippen molar-refractivity contribution in [2.75, 3.05) is 43.0 Å². The van der Waals surface area contributed by atoms with E-state index >= 15 is 0 Å². The number of anilines is 2. The number of aryl methyl sites for hydroxylation is 1. The van der Waals surface area contributed by atoms with Crippen molar-refractivity contribution >= 4 is 11.9 Å². The largest absolute Gasteiger partial charge is 0.341 e. The van der Waals surface area contributed by atoms with Gasteiger partial charge in [-0.25, -0.2) is 0 Å². The molecule has 3 fully saturated rings. The molecule has 0 aromatic carbocycles. The van der Waals surface area contributed by atoms with Crippen LogP contribution in [0.3, 0.4) is 0 Å². The van der Waals surface area contributed by atoms with Gasteiger partial charge in [0, 0.05) is 53.9 Å². The number of hydrogen-bond acceptors (Lipinski definition) is 8. The third-order valence-corrected chi connectivity index (χ3v) is 9.68. The molecule has 3 aliphatic rings. The van der Waals surface area contributed by atoms with Gasteiger partial charge in [0.2, 0.25) is 11.9 Å². The van der Waals surface area contributed by atoms with Crippen LogP contribution in [0, 0.1) is 6.92 Å². The lowest BCUT2D eigenvalue weighted by Crippen LogP contribution is -2.62. The minimum Gasteiger partial charge on any atom is -0.341 e. The Labute approximate surface area is 258 Å². The van der Waals surface area contributed by atoms with Gasteiger partial charge < -0.3 is 25.3 Å². The van der Waals surface area contributed by atoms with Crippen molar-refractivity contribution in [3.8, 4) is 0 Å². The summed E-state index contributed by atoms with van der Waals surface area (Å²) in [6.07, 6.45) is 13.3. The third-order valence-electron chi connectivity index (χ3n) is 9.68. The maximum absolute atomic E-state index is 5.14. The molecule has 0 atom stereocenters. The average Bonchev–Trinajstić information content (AvgIpc) is 2.84. The highest BCUT2D eigenvalue weighted by molar-refractivity contribution is 5.41. The molecule has 4 heterocycles. The lowest BCUT2D eigenvalue weighted by Gasteiger charge is -2.49. The summed E-state index contributed by atoms with van der Waals surface area (Å²) in [7, 11) is 2.34. The Balaban J connectivity index is 1.38. The van der Waals surface area contributed by atoms with Gasteiger partial charge in [-0.15, -0.1) is 0 Å². The molecule has 3 saturated heterocycles. The molecule has 0 unspecified atom stereocenters. The average molecular weight is 585 g/mol. The van der Waals surface area contributed by atoms with Gasteiger partial charge >= 0.3 is 0 Å². The van der Waals surface area contributed by atoms with E-state index in [1.165, 1.54) is 64.3 Å². The van der Waals surface area contributed by atoms with E-state index in [0.29, 0.717) is 12.1 Å². The molecule has 0 spiro atoms. The Bertz CT molecular complexity index is 981. The molecule has 1 aromatic rings. The number of hydrogen-bond donors (Lipinski definition) is 2. The molecule has 1 aromatic heterocycles. The normalized spacial score (nSPS) is 24.2. The standard InChI is InChI=1S/C34H64N8/c1-26-35-29(41-19-15-13-16-20-41)37-30(36-26)42(28-24-33(6,7)39-34(8,9)25-28)21-17-12-11-14-18-40(10)27-22-31(2,3)38-32(4,5)23-27/h27-28,38-39H,11-25H2,1-10H3. The van der Waals surface area contributed by atoms with Crippen molar-refractivity contribution in [2.45, 2.75) is 167 Å². The SMILES string of the molecule is Cc1nc(N2CCCCC2)nc(N(CCCCCCN(C)C2CC(C)(C)NC(C)(C)C2)C2CC(C)(C)NC(C)(C)C2)n1. The van der Waals surface area contributed by atoms with E-state index in [-0.39, 0.29) is 22.2 Å². The molecule has 0 radical (unpaired) electrons. The smallest absolute Gasteiger partial charge is 0.230 e. The van der Waals surface area contributed by atoms with Crippen LogP contribution in [0.15, 0.2) is 0 Å². The van der Waals surface area contributed by atoms with E-state index in [0.717, 1.165) is 50.2 Å². The summed E-state index contributed by atoms with van der Waals surface area (Å²) in [6, 6.07) is 1.06. The highest BCUT2D eigenvalue weighted by Crippen LogP contribution is 2.34. The van der Waals surface area contributed by atoms with Crippen LogP contribution >= 0.6 is 0 Å². The zero-order valence-corrected chi connectivity index (χ0v) is 28.9. The molecule has 4 rings (SSSR count). The number of nitrogens with one attached hydrogen (secondary N) is 2. The number of aromatic nitrogens is 3. The van der Waals surface area contributed by atoms with E-state index in [1.54, 1.807) is 0 Å². The number of piperidine rings is 3. The van der Waals surface area contributed by atoms with Crippen LogP contribution in [0.25, 0.3) is 0 Å². The highest BCUT2D eigenvalue weighted by Gasteiger charge is 2.41. The van der Waals surface area contributed by atoms with Crippen LogP contribution in [-0.4, -0.2) is 87.3 Å². The van der Waals surface area contributed by atoms with Gasteiger partial charge in [-0.3, -0.25) is 0 Å². The minimum atomic E-state index is 0.0742. The Morgan fingerprint density at radius 1 is 0.667 bits per heavy atom. The maximum Gasteiger partial charge on any atom is 0.230 e. The fourth-order valence-electron chi connectivity index (χ4n) is 8.51. The van der Waals surface area contributed by atoms with E-state index in [1.807, 2.05) is 6.92 Å². The lowest BCUT2D eigenvalue weighted by molar-refractivity contribution is 0.0805. The molecule has 0 amide bonds. The fourth-order valence-corrected chi connectivity index (χ4v) is 8.51. The van der Waals surface area contributed by atoms with Crippen LogP contribution < -0.4 is 20.4 Å². The monoisotopic (exact) mass is 585 g/mol. The maximum atomic E-state index is 5.14. The van der Waals surface area contributed by atoms with Crippen LogP contribution in [-0.2, 0) is 0 Å². The van der Waals surface area contributed by atoms with Crippen molar-refractivity contribution in [2.24, 2.45) is 0 Å². The summed E-state index contributed by atoms with van der Waals surface area (Å²) >= 11 is 0. The molecule has 42 heavy (non-hydrogen) atoms. The number of nitrogens with zero attached hydrogens (tertiary/aromatic N) is 6. The van der Waals surface area contributed by atoms with Crippen molar-refractivity contribution in [3.05, 3.63) is 5.82 Å². The summed E-state index contributed by atoms with van der Waals surface area (Å²) in [4.78, 5) is 22.4. The molecule has 2 N–H and O–H groups in total. The summed E-state index contributed by atoms with van der Waals surface area (Å²) < 4.78 is 0. The molecular weight excluding hydrogens is 520 g/mol. The molecule has 8 heteroatoms. The van der Waals surface area contributed by atoms with E-state index in [4.69, 9.17) is 15.0 Å². The minimum absolute atomic E-state index is 0.0742. The first-order valence-electron chi connectivity index (χ1n) is 17.1. The second-order valence-electron chi connectivity index (χ2n) is 16.5. The molecular formula is C34H64N8. The summed E-state index contributed by atoms with van der Waals surface area (Å²) in [5.74, 6) is 2.60.